The van der Waals surface area contributed by atoms with Gasteiger partial charge in [-0.3, -0.25) is 4.79 Å². The van der Waals surface area contributed by atoms with E-state index in [1.165, 1.54) is 0 Å². The first kappa shape index (κ1) is 11.8. The van der Waals surface area contributed by atoms with Crippen LogP contribution in [0.5, 0.6) is 0 Å². The van der Waals surface area contributed by atoms with Gasteiger partial charge in [0.1, 0.15) is 0 Å². The molecule has 1 rings (SSSR count). The maximum atomic E-state index is 11.3. The summed E-state index contributed by atoms with van der Waals surface area (Å²) in [7, 11) is 0. The number of carbonyl (C=O) groups excluding carboxylic acids is 1. The molecule has 0 aliphatic rings. The van der Waals surface area contributed by atoms with Crippen LogP contribution in [-0.2, 0) is 4.79 Å². The molecule has 0 heterocycles. The maximum absolute atomic E-state index is 11.3. The number of benzene rings is 1. The summed E-state index contributed by atoms with van der Waals surface area (Å²) in [6.45, 7) is 0. The quantitative estimate of drug-likeness (QED) is 0.149. The molecule has 0 spiro atoms. The Kier molecular flexibility index (Phi) is 4.14. The van der Waals surface area contributed by atoms with Gasteiger partial charge in [0.15, 0.2) is 0 Å². The second kappa shape index (κ2) is 5.59. The van der Waals surface area contributed by atoms with Crippen LogP contribution in [0, 0.1) is 0 Å². The Morgan fingerprint density at radius 2 is 2.06 bits per heavy atom. The monoisotopic (exact) mass is 239 g/mol. The fourth-order valence-corrected chi connectivity index (χ4v) is 0.999. The first-order valence-electron chi connectivity index (χ1n) is 4.01. The van der Waals surface area contributed by atoms with Gasteiger partial charge < -0.3 is 10.5 Å². The number of amidine groups is 1. The first-order valence-corrected chi connectivity index (χ1v) is 4.39. The summed E-state index contributed by atoms with van der Waals surface area (Å²) in [5, 5.41) is 16.7. The number of nitrogens with one attached hydrogen (secondary N) is 1. The largest absolute Gasteiger partial charge is 0.410 e. The average molecular weight is 240 g/mol. The average Bonchev–Trinajstić information content (AvgIpc) is 2.29. The van der Waals surface area contributed by atoms with Crippen LogP contribution in [0.25, 0.3) is 10.4 Å². The zero-order valence-corrected chi connectivity index (χ0v) is 8.59. The van der Waals surface area contributed by atoms with E-state index in [-0.39, 0.29) is 0 Å². The molecule has 1 aromatic carbocycles. The van der Waals surface area contributed by atoms with Crippen LogP contribution in [0.2, 0.25) is 5.02 Å². The van der Waals surface area contributed by atoms with E-state index in [9.17, 15) is 4.79 Å². The molecular formula is C8H6ClN5O2. The molecule has 0 saturated heterocycles. The molecule has 2 N–H and O–H groups in total. The summed E-state index contributed by atoms with van der Waals surface area (Å²) in [5.41, 5.74) is 8.52. The van der Waals surface area contributed by atoms with Crippen molar-refractivity contribution in [3.8, 4) is 0 Å². The highest BCUT2D eigenvalue weighted by Crippen LogP contribution is 2.13. The molecule has 0 bridgehead atoms. The second-order valence-corrected chi connectivity index (χ2v) is 3.01. The van der Waals surface area contributed by atoms with Crippen LogP contribution in [0.1, 0.15) is 0 Å². The van der Waals surface area contributed by atoms with Gasteiger partial charge in [0.2, 0.25) is 5.84 Å². The molecule has 0 fully saturated rings. The van der Waals surface area contributed by atoms with Crippen molar-refractivity contribution in [1.82, 2.24) is 0 Å². The van der Waals surface area contributed by atoms with Crippen molar-refractivity contribution >= 4 is 29.0 Å². The van der Waals surface area contributed by atoms with Gasteiger partial charge in [-0.2, -0.15) is 0 Å². The van der Waals surface area contributed by atoms with Gasteiger partial charge in [-0.15, -0.1) is 0 Å². The predicted octanol–water partition coefficient (Wildman–Crippen LogP) is 2.38. The maximum Gasteiger partial charge on any atom is 0.280 e. The third-order valence-electron chi connectivity index (χ3n) is 1.54. The van der Waals surface area contributed by atoms with E-state index in [2.05, 4.69) is 20.5 Å². The van der Waals surface area contributed by atoms with Crippen LogP contribution in [0.3, 0.4) is 0 Å². The SMILES string of the molecule is [N-]=[N+]=N/C(=N/O)C(=O)Nc1ccc(Cl)cc1. The summed E-state index contributed by atoms with van der Waals surface area (Å²) in [6, 6.07) is 6.23. The Labute approximate surface area is 95.0 Å². The number of amides is 1. The molecule has 0 aliphatic heterocycles. The van der Waals surface area contributed by atoms with Gasteiger partial charge in [-0.05, 0) is 34.9 Å². The Morgan fingerprint density at radius 3 is 2.56 bits per heavy atom. The van der Waals surface area contributed by atoms with E-state index < -0.39 is 11.7 Å². The molecular weight excluding hydrogens is 234 g/mol. The fraction of sp³-hybridized carbons (Fsp3) is 0. The van der Waals surface area contributed by atoms with Crippen LogP contribution in [0.4, 0.5) is 5.69 Å². The Hall–Kier alpha value is -2.24. The number of nitrogens with zero attached hydrogens (tertiary/aromatic N) is 4. The lowest BCUT2D eigenvalue weighted by atomic mass is 10.3. The van der Waals surface area contributed by atoms with Crippen LogP contribution in [0.15, 0.2) is 34.5 Å². The standard InChI is InChI=1S/C8H6ClN5O2/c9-5-1-3-6(4-2-5)11-8(15)7(13-16)12-14-10/h1-4,16H,(H,11,15)/b13-7+. The number of rotatable bonds is 1. The number of anilines is 1. The molecule has 0 atom stereocenters. The Bertz CT molecular complexity index is 464. The predicted molar refractivity (Wildman–Crippen MR) is 58.4 cm³/mol. The molecule has 8 heteroatoms. The van der Waals surface area contributed by atoms with Crippen molar-refractivity contribution in [1.29, 1.82) is 0 Å². The molecule has 0 radical (unpaired) electrons. The first-order chi connectivity index (χ1) is 7.67. The van der Waals surface area contributed by atoms with Crippen molar-refractivity contribution < 1.29 is 10.0 Å². The second-order valence-electron chi connectivity index (χ2n) is 2.57. The third-order valence-corrected chi connectivity index (χ3v) is 1.79. The highest BCUT2D eigenvalue weighted by molar-refractivity contribution is 6.42. The van der Waals surface area contributed by atoms with Gasteiger partial charge in [0.25, 0.3) is 5.91 Å². The highest BCUT2D eigenvalue weighted by Gasteiger charge is 2.10. The minimum atomic E-state index is -0.817. The van der Waals surface area contributed by atoms with E-state index >= 15 is 0 Å². The third kappa shape index (κ3) is 3.16. The van der Waals surface area contributed by atoms with Gasteiger partial charge in [0.05, 0.1) is 0 Å². The summed E-state index contributed by atoms with van der Waals surface area (Å²) < 4.78 is 0. The summed E-state index contributed by atoms with van der Waals surface area (Å²) >= 11 is 5.64. The van der Waals surface area contributed by atoms with Crippen molar-refractivity contribution in [3.05, 3.63) is 39.7 Å². The van der Waals surface area contributed by atoms with Gasteiger partial charge >= 0.3 is 0 Å². The smallest absolute Gasteiger partial charge is 0.280 e. The molecule has 0 aliphatic carbocycles. The summed E-state index contributed by atoms with van der Waals surface area (Å²) in [4.78, 5) is 13.7. The van der Waals surface area contributed by atoms with E-state index in [1.54, 1.807) is 24.3 Å². The number of carbonyl (C=O) groups is 1. The van der Waals surface area contributed by atoms with Crippen molar-refractivity contribution in [2.75, 3.05) is 5.32 Å². The molecule has 7 nitrogen and oxygen atoms in total. The molecule has 1 aromatic rings. The molecule has 0 aromatic heterocycles. The Balaban J connectivity index is 2.78. The number of halogens is 1. The molecule has 1 amide bonds. The molecule has 16 heavy (non-hydrogen) atoms. The van der Waals surface area contributed by atoms with E-state index in [0.29, 0.717) is 10.7 Å². The zero-order chi connectivity index (χ0) is 12.0. The zero-order valence-electron chi connectivity index (χ0n) is 7.83. The lowest BCUT2D eigenvalue weighted by Gasteiger charge is -2.02. The summed E-state index contributed by atoms with van der Waals surface area (Å²) in [6.07, 6.45) is 0. The van der Waals surface area contributed by atoms with Crippen LogP contribution < -0.4 is 5.32 Å². The van der Waals surface area contributed by atoms with E-state index in [0.717, 1.165) is 0 Å². The van der Waals surface area contributed by atoms with Crippen LogP contribution >= 0.6 is 11.6 Å². The summed E-state index contributed by atoms with van der Waals surface area (Å²) in [5.74, 6) is -1.49. The number of hydrogen-bond acceptors (Lipinski definition) is 3. The minimum absolute atomic E-state index is 0.434. The van der Waals surface area contributed by atoms with Crippen molar-refractivity contribution in [2.24, 2.45) is 10.3 Å². The molecule has 0 saturated carbocycles. The van der Waals surface area contributed by atoms with Gasteiger partial charge in [-0.1, -0.05) is 16.8 Å². The molecule has 0 unspecified atom stereocenters. The number of oxime groups is 1. The topological polar surface area (TPSA) is 110 Å². The van der Waals surface area contributed by atoms with Crippen molar-refractivity contribution in [3.63, 3.8) is 0 Å². The number of hydrogen-bond donors (Lipinski definition) is 2. The number of azide groups is 1. The normalized spacial score (nSPS) is 10.4. The van der Waals surface area contributed by atoms with Gasteiger partial charge in [-0.25, -0.2) is 0 Å². The van der Waals surface area contributed by atoms with Gasteiger partial charge in [0, 0.05) is 15.6 Å². The fourth-order valence-electron chi connectivity index (χ4n) is 0.873. The lowest BCUT2D eigenvalue weighted by molar-refractivity contribution is -0.110. The van der Waals surface area contributed by atoms with E-state index in [1.807, 2.05) is 0 Å². The minimum Gasteiger partial charge on any atom is -0.410 e. The highest BCUT2D eigenvalue weighted by atomic mass is 35.5. The molecule has 82 valence electrons. The van der Waals surface area contributed by atoms with Crippen molar-refractivity contribution in [2.45, 2.75) is 0 Å². The van der Waals surface area contributed by atoms with Crippen LogP contribution in [-0.4, -0.2) is 17.0 Å². The van der Waals surface area contributed by atoms with E-state index in [4.69, 9.17) is 22.3 Å². The lowest BCUT2D eigenvalue weighted by Crippen LogP contribution is -2.20. The Morgan fingerprint density at radius 1 is 1.44 bits per heavy atom.